The van der Waals surface area contributed by atoms with Crippen molar-refractivity contribution in [2.45, 2.75) is 38.7 Å². The molecule has 0 bridgehead atoms. The Balaban J connectivity index is 1.69. The molecule has 1 aliphatic heterocycles. The third kappa shape index (κ3) is 5.39. The second-order valence-corrected chi connectivity index (χ2v) is 5.63. The van der Waals surface area contributed by atoms with Gasteiger partial charge in [-0.15, -0.1) is 0 Å². The van der Waals surface area contributed by atoms with E-state index in [2.05, 4.69) is 20.6 Å². The molecule has 0 saturated carbocycles. The van der Waals surface area contributed by atoms with Crippen LogP contribution in [0.1, 0.15) is 37.7 Å². The van der Waals surface area contributed by atoms with E-state index in [0.29, 0.717) is 25.9 Å². The molecule has 0 aliphatic carbocycles. The van der Waals surface area contributed by atoms with Crippen LogP contribution in [0.25, 0.3) is 0 Å². The lowest BCUT2D eigenvalue weighted by molar-refractivity contribution is -0.129. The third-order valence-corrected chi connectivity index (χ3v) is 3.86. The molecule has 1 saturated heterocycles. The summed E-state index contributed by atoms with van der Waals surface area (Å²) in [5, 5.41) is 5.51. The number of aromatic nitrogens is 2. The van der Waals surface area contributed by atoms with Gasteiger partial charge in [0, 0.05) is 45.2 Å². The van der Waals surface area contributed by atoms with Crippen LogP contribution in [0.5, 0.6) is 0 Å². The predicted molar refractivity (Wildman–Crippen MR) is 82.5 cm³/mol. The maximum Gasteiger partial charge on any atom is 0.315 e. The van der Waals surface area contributed by atoms with Gasteiger partial charge in [0.1, 0.15) is 11.5 Å². The Morgan fingerprint density at radius 3 is 2.71 bits per heavy atom. The highest BCUT2D eigenvalue weighted by Crippen LogP contribution is 2.15. The molecule has 1 fully saturated rings. The minimum atomic E-state index is -2.64. The summed E-state index contributed by atoms with van der Waals surface area (Å²) in [5.74, 6) is 0.312. The van der Waals surface area contributed by atoms with Gasteiger partial charge in [0.25, 0.3) is 6.43 Å². The van der Waals surface area contributed by atoms with E-state index in [0.717, 1.165) is 0 Å². The Kier molecular flexibility index (Phi) is 6.39. The van der Waals surface area contributed by atoms with Crippen LogP contribution in [0, 0.1) is 0 Å². The zero-order chi connectivity index (χ0) is 17.5. The topological polar surface area (TPSA) is 87.2 Å². The van der Waals surface area contributed by atoms with Crippen LogP contribution in [0.2, 0.25) is 0 Å². The minimum Gasteiger partial charge on any atom is -0.343 e. The first-order valence-electron chi connectivity index (χ1n) is 7.85. The van der Waals surface area contributed by atoms with Gasteiger partial charge >= 0.3 is 6.03 Å². The number of hydrogen-bond donors (Lipinski definition) is 2. The fraction of sp³-hybridized carbons (Fsp3) is 0.600. The smallest absolute Gasteiger partial charge is 0.315 e. The van der Waals surface area contributed by atoms with Crippen LogP contribution in [0.4, 0.5) is 13.6 Å². The quantitative estimate of drug-likeness (QED) is 0.844. The summed E-state index contributed by atoms with van der Waals surface area (Å²) in [6, 6.07) is 0.877. The van der Waals surface area contributed by atoms with Crippen LogP contribution >= 0.6 is 0 Å². The van der Waals surface area contributed by atoms with E-state index in [9.17, 15) is 18.4 Å². The Morgan fingerprint density at radius 2 is 2.08 bits per heavy atom. The molecule has 1 aliphatic rings. The monoisotopic (exact) mass is 341 g/mol. The van der Waals surface area contributed by atoms with E-state index in [1.807, 2.05) is 0 Å². The van der Waals surface area contributed by atoms with Crippen LogP contribution in [0.15, 0.2) is 12.3 Å². The average Bonchev–Trinajstić information content (AvgIpc) is 2.55. The van der Waals surface area contributed by atoms with Gasteiger partial charge in [-0.1, -0.05) is 0 Å². The summed E-state index contributed by atoms with van der Waals surface area (Å²) in [4.78, 5) is 32.5. The lowest BCUT2D eigenvalue weighted by Gasteiger charge is -2.31. The van der Waals surface area contributed by atoms with Gasteiger partial charge < -0.3 is 15.5 Å². The highest BCUT2D eigenvalue weighted by molar-refractivity contribution is 5.74. The maximum absolute atomic E-state index is 12.5. The number of carbonyl (C=O) groups excluding carboxylic acids is 2. The van der Waals surface area contributed by atoms with Crippen molar-refractivity contribution in [3.05, 3.63) is 23.8 Å². The number of hydrogen-bond acceptors (Lipinski definition) is 4. The zero-order valence-electron chi connectivity index (χ0n) is 13.5. The Hall–Kier alpha value is -2.32. The van der Waals surface area contributed by atoms with Crippen molar-refractivity contribution in [2.24, 2.45) is 0 Å². The number of nitrogens with zero attached hydrogens (tertiary/aromatic N) is 3. The van der Waals surface area contributed by atoms with Gasteiger partial charge in [0.15, 0.2) is 0 Å². The maximum atomic E-state index is 12.5. The van der Waals surface area contributed by atoms with Crippen LogP contribution in [-0.4, -0.2) is 52.5 Å². The number of likely N-dealkylation sites (tertiary alicyclic amines) is 1. The predicted octanol–water partition coefficient (Wildman–Crippen LogP) is 1.27. The first-order valence-corrected chi connectivity index (χ1v) is 7.85. The summed E-state index contributed by atoms with van der Waals surface area (Å²) >= 11 is 0. The van der Waals surface area contributed by atoms with Gasteiger partial charge in [-0.25, -0.2) is 23.5 Å². The van der Waals surface area contributed by atoms with Crippen molar-refractivity contribution in [2.75, 3.05) is 19.6 Å². The molecule has 9 heteroatoms. The van der Waals surface area contributed by atoms with E-state index in [1.54, 1.807) is 4.90 Å². The lowest BCUT2D eigenvalue weighted by Crippen LogP contribution is -2.49. The number of rotatable bonds is 5. The second kappa shape index (κ2) is 8.51. The SMILES string of the molecule is CC(=O)N1CCC(NC(=O)NCCc2nccc(C(F)F)n2)CC1. The van der Waals surface area contributed by atoms with Gasteiger partial charge in [-0.05, 0) is 18.9 Å². The first kappa shape index (κ1) is 18.0. The fourth-order valence-corrected chi connectivity index (χ4v) is 2.52. The molecule has 24 heavy (non-hydrogen) atoms. The summed E-state index contributed by atoms with van der Waals surface area (Å²) in [7, 11) is 0. The highest BCUT2D eigenvalue weighted by Gasteiger charge is 2.21. The summed E-state index contributed by atoms with van der Waals surface area (Å²) in [6.07, 6.45) is 0.353. The number of alkyl halides is 2. The van der Waals surface area contributed by atoms with Crippen molar-refractivity contribution in [3.8, 4) is 0 Å². The molecule has 2 rings (SSSR count). The van der Waals surface area contributed by atoms with Crippen LogP contribution in [-0.2, 0) is 11.2 Å². The molecule has 0 unspecified atom stereocenters. The van der Waals surface area contributed by atoms with E-state index in [4.69, 9.17) is 0 Å². The number of halogens is 2. The van der Waals surface area contributed by atoms with E-state index < -0.39 is 6.43 Å². The zero-order valence-corrected chi connectivity index (χ0v) is 13.5. The van der Waals surface area contributed by atoms with Crippen molar-refractivity contribution in [1.29, 1.82) is 0 Å². The van der Waals surface area contributed by atoms with E-state index in [-0.39, 0.29) is 42.5 Å². The molecular formula is C15H21F2N5O2. The summed E-state index contributed by atoms with van der Waals surface area (Å²) in [5.41, 5.74) is -0.318. The average molecular weight is 341 g/mol. The molecule has 0 spiro atoms. The second-order valence-electron chi connectivity index (χ2n) is 5.63. The van der Waals surface area contributed by atoms with Crippen molar-refractivity contribution in [1.82, 2.24) is 25.5 Å². The molecule has 2 heterocycles. The molecule has 0 radical (unpaired) electrons. The number of piperidine rings is 1. The van der Waals surface area contributed by atoms with E-state index in [1.165, 1.54) is 19.2 Å². The Labute approximate surface area is 138 Å². The van der Waals surface area contributed by atoms with Gasteiger partial charge in [-0.2, -0.15) is 0 Å². The standard InChI is InChI=1S/C15H21F2N5O2/c1-10(23)22-8-4-11(5-9-22)20-15(24)19-7-3-13-18-6-2-12(21-13)14(16)17/h2,6,11,14H,3-5,7-9H2,1H3,(H2,19,20,24). The van der Waals surface area contributed by atoms with Crippen molar-refractivity contribution >= 4 is 11.9 Å². The summed E-state index contributed by atoms with van der Waals surface area (Å²) < 4.78 is 25.1. The first-order chi connectivity index (χ1) is 11.5. The largest absolute Gasteiger partial charge is 0.343 e. The van der Waals surface area contributed by atoms with Crippen molar-refractivity contribution in [3.63, 3.8) is 0 Å². The molecule has 7 nitrogen and oxygen atoms in total. The molecule has 0 aromatic carbocycles. The number of carbonyl (C=O) groups is 2. The number of urea groups is 1. The molecule has 132 valence electrons. The van der Waals surface area contributed by atoms with E-state index >= 15 is 0 Å². The lowest BCUT2D eigenvalue weighted by atomic mass is 10.1. The van der Waals surface area contributed by atoms with Gasteiger partial charge in [0.05, 0.1) is 0 Å². The third-order valence-electron chi connectivity index (χ3n) is 3.86. The van der Waals surface area contributed by atoms with Gasteiger partial charge in [-0.3, -0.25) is 4.79 Å². The van der Waals surface area contributed by atoms with Crippen molar-refractivity contribution < 1.29 is 18.4 Å². The molecular weight excluding hydrogens is 320 g/mol. The fourth-order valence-electron chi connectivity index (χ4n) is 2.52. The molecule has 3 amide bonds. The normalized spacial score (nSPS) is 15.4. The van der Waals surface area contributed by atoms with Gasteiger partial charge in [0.2, 0.25) is 5.91 Å². The molecule has 1 aromatic heterocycles. The summed E-state index contributed by atoms with van der Waals surface area (Å²) in [6.45, 7) is 3.06. The molecule has 1 aromatic rings. The Morgan fingerprint density at radius 1 is 1.38 bits per heavy atom. The van der Waals surface area contributed by atoms with Crippen LogP contribution < -0.4 is 10.6 Å². The minimum absolute atomic E-state index is 0.0269. The highest BCUT2D eigenvalue weighted by atomic mass is 19.3. The molecule has 0 atom stereocenters. The number of nitrogens with one attached hydrogen (secondary N) is 2. The Bertz CT molecular complexity index is 577. The van der Waals surface area contributed by atoms with Crippen LogP contribution in [0.3, 0.4) is 0 Å². The number of amides is 3. The molecule has 2 N–H and O–H groups in total.